The highest BCUT2D eigenvalue weighted by Gasteiger charge is 2.22. The highest BCUT2D eigenvalue weighted by Crippen LogP contribution is 2.20. The van der Waals surface area contributed by atoms with Crippen LogP contribution in [-0.4, -0.2) is 27.8 Å². The fraction of sp³-hybridized carbons (Fsp3) is 0.474. The fourth-order valence-electron chi connectivity index (χ4n) is 3.47. The minimum atomic E-state index is -0.280. The van der Waals surface area contributed by atoms with E-state index >= 15 is 0 Å². The monoisotopic (exact) mass is 344 g/mol. The van der Waals surface area contributed by atoms with Crippen molar-refractivity contribution >= 4 is 5.91 Å². The van der Waals surface area contributed by atoms with Crippen LogP contribution in [0, 0.1) is 19.7 Å². The first-order valence-electron chi connectivity index (χ1n) is 8.80. The molecule has 3 N–H and O–H groups in total. The Hall–Kier alpha value is -2.21. The van der Waals surface area contributed by atoms with Crippen LogP contribution in [0.2, 0.25) is 0 Å². The average Bonchev–Trinajstić information content (AvgIpc) is 2.86. The van der Waals surface area contributed by atoms with Crippen molar-refractivity contribution in [2.24, 2.45) is 5.73 Å². The van der Waals surface area contributed by atoms with Crippen LogP contribution in [0.5, 0.6) is 0 Å². The number of carbonyl (C=O) groups excluding carboxylic acids is 1. The molecule has 5 nitrogen and oxygen atoms in total. The van der Waals surface area contributed by atoms with E-state index in [1.165, 1.54) is 12.1 Å². The summed E-state index contributed by atoms with van der Waals surface area (Å²) in [7, 11) is 0. The number of hydrogen-bond donors (Lipinski definition) is 2. The van der Waals surface area contributed by atoms with Crippen molar-refractivity contribution in [3.8, 4) is 5.69 Å². The van der Waals surface area contributed by atoms with E-state index in [-0.39, 0.29) is 23.8 Å². The largest absolute Gasteiger partial charge is 0.353 e. The lowest BCUT2D eigenvalue weighted by Crippen LogP contribution is -2.41. The molecule has 1 aliphatic carbocycles. The van der Waals surface area contributed by atoms with Gasteiger partial charge in [0.1, 0.15) is 5.82 Å². The third kappa shape index (κ3) is 4.07. The summed E-state index contributed by atoms with van der Waals surface area (Å²) >= 11 is 0. The van der Waals surface area contributed by atoms with E-state index in [1.807, 2.05) is 13.8 Å². The smallest absolute Gasteiger partial charge is 0.224 e. The van der Waals surface area contributed by atoms with Crippen LogP contribution in [0.1, 0.15) is 42.6 Å². The summed E-state index contributed by atoms with van der Waals surface area (Å²) in [5.41, 5.74) is 9.35. The lowest BCUT2D eigenvalue weighted by Gasteiger charge is -2.26. The molecular formula is C19H25FN4O. The molecule has 6 heteroatoms. The van der Waals surface area contributed by atoms with Crippen LogP contribution in [-0.2, 0) is 11.2 Å². The molecule has 2 aromatic rings. The highest BCUT2D eigenvalue weighted by atomic mass is 19.1. The van der Waals surface area contributed by atoms with Gasteiger partial charge in [-0.1, -0.05) is 0 Å². The van der Waals surface area contributed by atoms with Crippen molar-refractivity contribution in [2.45, 2.75) is 58.0 Å². The average molecular weight is 344 g/mol. The van der Waals surface area contributed by atoms with Gasteiger partial charge < -0.3 is 11.1 Å². The number of halogens is 1. The Morgan fingerprint density at radius 3 is 2.52 bits per heavy atom. The van der Waals surface area contributed by atoms with Gasteiger partial charge in [-0.15, -0.1) is 0 Å². The SMILES string of the molecule is Cc1nn(-c2ccc(F)cc2)c(C)c1CC(=O)NC1CCC(N)CC1. The second-order valence-corrected chi connectivity index (χ2v) is 6.89. The predicted molar refractivity (Wildman–Crippen MR) is 95.1 cm³/mol. The number of aryl methyl sites for hydroxylation is 1. The van der Waals surface area contributed by atoms with Crippen molar-refractivity contribution in [1.82, 2.24) is 15.1 Å². The fourth-order valence-corrected chi connectivity index (χ4v) is 3.47. The summed E-state index contributed by atoms with van der Waals surface area (Å²) in [6, 6.07) is 6.68. The van der Waals surface area contributed by atoms with Crippen LogP contribution in [0.25, 0.3) is 5.69 Å². The zero-order valence-corrected chi connectivity index (χ0v) is 14.8. The molecule has 25 heavy (non-hydrogen) atoms. The maximum absolute atomic E-state index is 13.1. The summed E-state index contributed by atoms with van der Waals surface area (Å²) in [6.07, 6.45) is 4.12. The minimum absolute atomic E-state index is 0.0188. The van der Waals surface area contributed by atoms with Crippen molar-refractivity contribution < 1.29 is 9.18 Å². The summed E-state index contributed by atoms with van der Waals surface area (Å²) in [5.74, 6) is -0.262. The number of nitrogens with zero attached hydrogens (tertiary/aromatic N) is 2. The van der Waals surface area contributed by atoms with E-state index in [0.29, 0.717) is 6.42 Å². The lowest BCUT2D eigenvalue weighted by molar-refractivity contribution is -0.121. The Balaban J connectivity index is 1.70. The first-order chi connectivity index (χ1) is 11.9. The third-order valence-corrected chi connectivity index (χ3v) is 4.99. The topological polar surface area (TPSA) is 72.9 Å². The Bertz CT molecular complexity index is 746. The van der Waals surface area contributed by atoms with Crippen LogP contribution in [0.4, 0.5) is 4.39 Å². The number of carbonyl (C=O) groups is 1. The van der Waals surface area contributed by atoms with E-state index < -0.39 is 0 Å². The van der Waals surface area contributed by atoms with Gasteiger partial charge in [-0.05, 0) is 63.8 Å². The van der Waals surface area contributed by atoms with Gasteiger partial charge >= 0.3 is 0 Å². The van der Waals surface area contributed by atoms with E-state index in [9.17, 15) is 9.18 Å². The van der Waals surface area contributed by atoms with Crippen molar-refractivity contribution in [1.29, 1.82) is 0 Å². The van der Waals surface area contributed by atoms with E-state index in [2.05, 4.69) is 10.4 Å². The predicted octanol–water partition coefficient (Wildman–Crippen LogP) is 2.56. The number of aromatic nitrogens is 2. The molecule has 0 atom stereocenters. The molecule has 0 spiro atoms. The molecule has 1 aromatic carbocycles. The highest BCUT2D eigenvalue weighted by molar-refractivity contribution is 5.79. The molecule has 0 saturated heterocycles. The Labute approximate surface area is 147 Å². The van der Waals surface area contributed by atoms with Gasteiger partial charge in [-0.3, -0.25) is 4.79 Å². The number of nitrogens with two attached hydrogens (primary N) is 1. The number of amides is 1. The summed E-state index contributed by atoms with van der Waals surface area (Å²) in [5, 5.41) is 7.64. The van der Waals surface area contributed by atoms with Crippen LogP contribution < -0.4 is 11.1 Å². The molecule has 1 saturated carbocycles. The lowest BCUT2D eigenvalue weighted by atomic mass is 9.91. The van der Waals surface area contributed by atoms with Gasteiger partial charge in [0.15, 0.2) is 0 Å². The molecule has 1 aromatic heterocycles. The molecule has 0 aliphatic heterocycles. The van der Waals surface area contributed by atoms with E-state index in [0.717, 1.165) is 48.3 Å². The minimum Gasteiger partial charge on any atom is -0.353 e. The normalized spacial score (nSPS) is 20.5. The van der Waals surface area contributed by atoms with Crippen molar-refractivity contribution in [2.75, 3.05) is 0 Å². The van der Waals surface area contributed by atoms with Crippen LogP contribution in [0.15, 0.2) is 24.3 Å². The maximum atomic E-state index is 13.1. The number of benzene rings is 1. The van der Waals surface area contributed by atoms with E-state index in [1.54, 1.807) is 16.8 Å². The van der Waals surface area contributed by atoms with Gasteiger partial charge in [-0.25, -0.2) is 9.07 Å². The molecule has 1 amide bonds. The molecule has 1 aliphatic rings. The Kier molecular flexibility index (Phi) is 5.18. The second-order valence-electron chi connectivity index (χ2n) is 6.89. The van der Waals surface area contributed by atoms with Crippen molar-refractivity contribution in [3.05, 3.63) is 47.0 Å². The third-order valence-electron chi connectivity index (χ3n) is 4.99. The molecule has 134 valence electrons. The molecule has 0 radical (unpaired) electrons. The van der Waals surface area contributed by atoms with Gasteiger partial charge in [0.05, 0.1) is 17.8 Å². The first-order valence-corrected chi connectivity index (χ1v) is 8.80. The zero-order chi connectivity index (χ0) is 18.0. The molecule has 1 fully saturated rings. The van der Waals surface area contributed by atoms with Crippen LogP contribution >= 0.6 is 0 Å². The molecule has 1 heterocycles. The van der Waals surface area contributed by atoms with Gasteiger partial charge in [0, 0.05) is 23.3 Å². The number of hydrogen-bond acceptors (Lipinski definition) is 3. The van der Waals surface area contributed by atoms with Crippen LogP contribution in [0.3, 0.4) is 0 Å². The van der Waals surface area contributed by atoms with E-state index in [4.69, 9.17) is 5.73 Å². The zero-order valence-electron chi connectivity index (χ0n) is 14.8. The molecular weight excluding hydrogens is 319 g/mol. The first kappa shape index (κ1) is 17.6. The number of nitrogens with one attached hydrogen (secondary N) is 1. The quantitative estimate of drug-likeness (QED) is 0.895. The van der Waals surface area contributed by atoms with Gasteiger partial charge in [0.2, 0.25) is 5.91 Å². The van der Waals surface area contributed by atoms with Gasteiger partial charge in [-0.2, -0.15) is 5.10 Å². The molecule has 3 rings (SSSR count). The Morgan fingerprint density at radius 1 is 1.24 bits per heavy atom. The standard InChI is InChI=1S/C19H25FN4O/c1-12-18(11-19(25)22-16-7-5-15(21)6-8-16)13(2)24(23-12)17-9-3-14(20)4-10-17/h3-4,9-10,15-16H,5-8,11,21H2,1-2H3,(H,22,25). The van der Waals surface area contributed by atoms with Crippen molar-refractivity contribution in [3.63, 3.8) is 0 Å². The summed E-state index contributed by atoms with van der Waals surface area (Å²) in [6.45, 7) is 3.83. The summed E-state index contributed by atoms with van der Waals surface area (Å²) < 4.78 is 14.9. The molecule has 0 bridgehead atoms. The van der Waals surface area contributed by atoms with Gasteiger partial charge in [0.25, 0.3) is 0 Å². The summed E-state index contributed by atoms with van der Waals surface area (Å²) in [4.78, 5) is 12.4. The molecule has 0 unspecified atom stereocenters. The maximum Gasteiger partial charge on any atom is 0.224 e. The Morgan fingerprint density at radius 2 is 1.88 bits per heavy atom. The number of rotatable bonds is 4. The second kappa shape index (κ2) is 7.35.